The van der Waals surface area contributed by atoms with Crippen LogP contribution in [0.2, 0.25) is 0 Å². The number of Topliss-reactive ketones (excluding diaryl/α,β-unsaturated/α-hetero) is 1. The highest BCUT2D eigenvalue weighted by Crippen LogP contribution is 2.05. The number of imidazole rings is 1. The molecule has 0 saturated carbocycles. The van der Waals surface area contributed by atoms with Gasteiger partial charge in [-0.2, -0.15) is 0 Å². The fraction of sp³-hybridized carbons (Fsp3) is 0.600. The molecule has 13 heavy (non-hydrogen) atoms. The van der Waals surface area contributed by atoms with Crippen LogP contribution in [0.15, 0.2) is 6.20 Å². The number of rotatable bonds is 4. The van der Waals surface area contributed by atoms with Crippen molar-refractivity contribution in [2.24, 2.45) is 5.92 Å². The number of hydrogen-bond acceptors (Lipinski definition) is 2. The molecule has 0 aromatic carbocycles. The highest BCUT2D eigenvalue weighted by Gasteiger charge is 2.04. The van der Waals surface area contributed by atoms with E-state index in [-0.39, 0.29) is 5.78 Å². The molecule has 0 bridgehead atoms. The Labute approximate surface area is 78.6 Å². The molecule has 1 rings (SSSR count). The van der Waals surface area contributed by atoms with Gasteiger partial charge in [0, 0.05) is 11.9 Å². The summed E-state index contributed by atoms with van der Waals surface area (Å²) in [4.78, 5) is 18.1. The minimum atomic E-state index is 0.144. The van der Waals surface area contributed by atoms with Crippen LogP contribution in [-0.4, -0.2) is 15.8 Å². The van der Waals surface area contributed by atoms with Gasteiger partial charge in [0.1, 0.15) is 11.6 Å². The highest BCUT2D eigenvalue weighted by atomic mass is 16.1. The van der Waals surface area contributed by atoms with Gasteiger partial charge in [0.15, 0.2) is 0 Å². The third-order valence-corrected chi connectivity index (χ3v) is 1.73. The molecule has 1 aromatic heterocycles. The van der Waals surface area contributed by atoms with Crippen molar-refractivity contribution < 1.29 is 4.79 Å². The summed E-state index contributed by atoms with van der Waals surface area (Å²) in [5, 5.41) is 0. The Balaban J connectivity index is 2.58. The zero-order valence-electron chi connectivity index (χ0n) is 8.42. The van der Waals surface area contributed by atoms with Crippen molar-refractivity contribution in [2.45, 2.75) is 33.6 Å². The standard InChI is InChI=1S/C10H16N2O/c1-7(2)4-9-6-11-10(12-9)5-8(3)13/h6-7H,4-5H2,1-3H3,(H,11,12). The molecule has 0 atom stereocenters. The fourth-order valence-electron chi connectivity index (χ4n) is 1.27. The lowest BCUT2D eigenvalue weighted by Crippen LogP contribution is -1.99. The van der Waals surface area contributed by atoms with E-state index >= 15 is 0 Å². The topological polar surface area (TPSA) is 45.8 Å². The van der Waals surface area contributed by atoms with Crippen LogP contribution in [0.1, 0.15) is 32.3 Å². The second-order valence-electron chi connectivity index (χ2n) is 3.83. The number of ketones is 1. The smallest absolute Gasteiger partial charge is 0.137 e. The van der Waals surface area contributed by atoms with Gasteiger partial charge in [0.2, 0.25) is 0 Å². The quantitative estimate of drug-likeness (QED) is 0.767. The zero-order chi connectivity index (χ0) is 9.84. The van der Waals surface area contributed by atoms with E-state index in [2.05, 4.69) is 23.8 Å². The summed E-state index contributed by atoms with van der Waals surface area (Å²) in [6.07, 6.45) is 3.22. The first-order chi connectivity index (χ1) is 6.08. The fourth-order valence-corrected chi connectivity index (χ4v) is 1.27. The molecule has 1 N–H and O–H groups in total. The number of nitrogens with zero attached hydrogens (tertiary/aromatic N) is 1. The molecule has 0 saturated heterocycles. The molecule has 0 spiro atoms. The number of carbonyl (C=O) groups excluding carboxylic acids is 1. The van der Waals surface area contributed by atoms with Crippen molar-refractivity contribution in [3.8, 4) is 0 Å². The van der Waals surface area contributed by atoms with E-state index < -0.39 is 0 Å². The molecule has 0 radical (unpaired) electrons. The summed E-state index contributed by atoms with van der Waals surface area (Å²) < 4.78 is 0. The van der Waals surface area contributed by atoms with E-state index in [4.69, 9.17) is 0 Å². The number of carbonyl (C=O) groups is 1. The maximum atomic E-state index is 10.8. The van der Waals surface area contributed by atoms with Crippen molar-refractivity contribution in [1.82, 2.24) is 9.97 Å². The van der Waals surface area contributed by atoms with Crippen LogP contribution in [0.4, 0.5) is 0 Å². The number of hydrogen-bond donors (Lipinski definition) is 1. The molecule has 0 aliphatic heterocycles. The van der Waals surface area contributed by atoms with Crippen LogP contribution in [0.3, 0.4) is 0 Å². The van der Waals surface area contributed by atoms with Crippen molar-refractivity contribution in [2.75, 3.05) is 0 Å². The monoisotopic (exact) mass is 180 g/mol. The predicted octanol–water partition coefficient (Wildman–Crippen LogP) is 1.74. The van der Waals surface area contributed by atoms with E-state index in [1.54, 1.807) is 6.92 Å². The summed E-state index contributed by atoms with van der Waals surface area (Å²) in [6.45, 7) is 5.89. The zero-order valence-corrected chi connectivity index (χ0v) is 8.42. The molecule has 0 unspecified atom stereocenters. The maximum Gasteiger partial charge on any atom is 0.137 e. The van der Waals surface area contributed by atoms with Gasteiger partial charge in [-0.3, -0.25) is 4.79 Å². The first-order valence-electron chi connectivity index (χ1n) is 4.60. The lowest BCUT2D eigenvalue weighted by Gasteiger charge is -1.99. The van der Waals surface area contributed by atoms with Gasteiger partial charge in [-0.15, -0.1) is 0 Å². The molecule has 3 nitrogen and oxygen atoms in total. The van der Waals surface area contributed by atoms with Crippen molar-refractivity contribution in [3.63, 3.8) is 0 Å². The van der Waals surface area contributed by atoms with Gasteiger partial charge in [0.05, 0.1) is 6.42 Å². The van der Waals surface area contributed by atoms with E-state index in [9.17, 15) is 4.79 Å². The Kier molecular flexibility index (Phi) is 3.23. The third kappa shape index (κ3) is 3.40. The van der Waals surface area contributed by atoms with Crippen LogP contribution in [-0.2, 0) is 17.6 Å². The van der Waals surface area contributed by atoms with Gasteiger partial charge in [0.25, 0.3) is 0 Å². The molecule has 0 fully saturated rings. The van der Waals surface area contributed by atoms with Crippen LogP contribution in [0, 0.1) is 5.92 Å². The van der Waals surface area contributed by atoms with E-state index in [0.717, 1.165) is 17.9 Å². The van der Waals surface area contributed by atoms with Crippen LogP contribution >= 0.6 is 0 Å². The van der Waals surface area contributed by atoms with Crippen molar-refractivity contribution in [3.05, 3.63) is 17.7 Å². The van der Waals surface area contributed by atoms with E-state index in [1.165, 1.54) is 0 Å². The average Bonchev–Trinajstić information content (AvgIpc) is 2.33. The molecular weight excluding hydrogens is 164 g/mol. The molecule has 1 heterocycles. The lowest BCUT2D eigenvalue weighted by molar-refractivity contribution is -0.116. The summed E-state index contributed by atoms with van der Waals surface area (Å²) >= 11 is 0. The second kappa shape index (κ2) is 4.21. The minimum Gasteiger partial charge on any atom is -0.345 e. The predicted molar refractivity (Wildman–Crippen MR) is 51.5 cm³/mol. The van der Waals surface area contributed by atoms with E-state index in [0.29, 0.717) is 12.3 Å². The maximum absolute atomic E-state index is 10.8. The Morgan fingerprint density at radius 2 is 2.31 bits per heavy atom. The molecule has 72 valence electrons. The van der Waals surface area contributed by atoms with E-state index in [1.807, 2.05) is 6.20 Å². The summed E-state index contributed by atoms with van der Waals surface area (Å²) in [6, 6.07) is 0. The first-order valence-corrected chi connectivity index (χ1v) is 4.60. The van der Waals surface area contributed by atoms with Gasteiger partial charge >= 0.3 is 0 Å². The molecule has 0 aliphatic rings. The Bertz CT molecular complexity index is 289. The van der Waals surface area contributed by atoms with Gasteiger partial charge in [-0.1, -0.05) is 13.8 Å². The molecule has 3 heteroatoms. The van der Waals surface area contributed by atoms with Crippen LogP contribution in [0.25, 0.3) is 0 Å². The summed E-state index contributed by atoms with van der Waals surface area (Å²) in [5.74, 6) is 1.54. The van der Waals surface area contributed by atoms with Crippen molar-refractivity contribution in [1.29, 1.82) is 0 Å². The van der Waals surface area contributed by atoms with Crippen molar-refractivity contribution >= 4 is 5.78 Å². The minimum absolute atomic E-state index is 0.144. The lowest BCUT2D eigenvalue weighted by atomic mass is 10.1. The van der Waals surface area contributed by atoms with Gasteiger partial charge < -0.3 is 4.98 Å². The number of aromatic nitrogens is 2. The second-order valence-corrected chi connectivity index (χ2v) is 3.83. The Morgan fingerprint density at radius 1 is 1.62 bits per heavy atom. The number of nitrogens with one attached hydrogen (secondary N) is 1. The summed E-state index contributed by atoms with van der Waals surface area (Å²) in [7, 11) is 0. The van der Waals surface area contributed by atoms with Crippen LogP contribution in [0.5, 0.6) is 0 Å². The third-order valence-electron chi connectivity index (χ3n) is 1.73. The summed E-state index contributed by atoms with van der Waals surface area (Å²) in [5.41, 5.74) is 1.12. The Hall–Kier alpha value is -1.12. The number of H-pyrrole nitrogens is 1. The molecular formula is C10H16N2O. The molecule has 0 aliphatic carbocycles. The largest absolute Gasteiger partial charge is 0.345 e. The normalized spacial score (nSPS) is 10.8. The van der Waals surface area contributed by atoms with Crippen LogP contribution < -0.4 is 0 Å². The molecule has 0 amide bonds. The molecule has 1 aromatic rings. The van der Waals surface area contributed by atoms with Gasteiger partial charge in [-0.05, 0) is 19.3 Å². The Morgan fingerprint density at radius 3 is 2.85 bits per heavy atom. The first kappa shape index (κ1) is 9.96. The number of aromatic amines is 1. The average molecular weight is 180 g/mol. The SMILES string of the molecule is CC(=O)Cc1ncc(CC(C)C)[nH]1. The van der Waals surface area contributed by atoms with Gasteiger partial charge in [-0.25, -0.2) is 4.98 Å². The highest BCUT2D eigenvalue weighted by molar-refractivity contribution is 5.77.